The molecule has 0 saturated carbocycles. The average molecular weight is 406 g/mol. The van der Waals surface area contributed by atoms with Gasteiger partial charge in [-0.2, -0.15) is 0 Å². The zero-order valence-corrected chi connectivity index (χ0v) is 15.6. The Bertz CT molecular complexity index is 844. The second-order valence-electron chi connectivity index (χ2n) is 6.53. The zero-order valence-electron chi connectivity index (χ0n) is 15.6. The second kappa shape index (κ2) is 9.09. The van der Waals surface area contributed by atoms with E-state index in [0.717, 1.165) is 16.6 Å². The molecule has 1 aromatic carbocycles. The number of aromatic nitrogens is 3. The van der Waals surface area contributed by atoms with Gasteiger partial charge in [-0.15, -0.1) is 5.10 Å². The summed E-state index contributed by atoms with van der Waals surface area (Å²) in [5.74, 6) is -1.73. The van der Waals surface area contributed by atoms with Crippen molar-refractivity contribution in [1.29, 1.82) is 0 Å². The van der Waals surface area contributed by atoms with Gasteiger partial charge in [-0.1, -0.05) is 30.3 Å². The molecular formula is C18H22N4O7. The third-order valence-corrected chi connectivity index (χ3v) is 4.39. The molecule has 4 N–H and O–H groups in total. The molecule has 29 heavy (non-hydrogen) atoms. The van der Waals surface area contributed by atoms with E-state index in [9.17, 15) is 19.8 Å². The number of aliphatic hydroxyl groups is 2. The molecule has 1 aromatic heterocycles. The predicted molar refractivity (Wildman–Crippen MR) is 96.1 cm³/mol. The zero-order chi connectivity index (χ0) is 21.0. The molecule has 1 fully saturated rings. The van der Waals surface area contributed by atoms with Crippen LogP contribution in [0.15, 0.2) is 36.7 Å². The van der Waals surface area contributed by atoms with Crippen molar-refractivity contribution in [2.24, 2.45) is 5.73 Å². The van der Waals surface area contributed by atoms with Crippen molar-refractivity contribution in [2.75, 3.05) is 6.61 Å². The highest BCUT2D eigenvalue weighted by Gasteiger charge is 2.45. The number of benzene rings is 1. The summed E-state index contributed by atoms with van der Waals surface area (Å²) in [7, 11) is 0. The molecule has 1 saturated heterocycles. The van der Waals surface area contributed by atoms with Gasteiger partial charge in [-0.25, -0.2) is 14.5 Å². The van der Waals surface area contributed by atoms with E-state index in [1.165, 1.54) is 0 Å². The van der Waals surface area contributed by atoms with Crippen molar-refractivity contribution in [3.63, 3.8) is 0 Å². The first kappa shape index (κ1) is 20.9. The molecule has 0 aliphatic carbocycles. The van der Waals surface area contributed by atoms with Crippen LogP contribution >= 0.6 is 0 Å². The summed E-state index contributed by atoms with van der Waals surface area (Å²) in [5.41, 5.74) is 6.00. The fourth-order valence-corrected chi connectivity index (χ4v) is 2.74. The van der Waals surface area contributed by atoms with Gasteiger partial charge in [-0.05, 0) is 12.5 Å². The summed E-state index contributed by atoms with van der Waals surface area (Å²) in [6.07, 6.45) is -4.50. The SMILES string of the molecule is C[C@H](OCc1ccccc1)C(=O)OC[C@H]1O[C@@H](n2cnc(C(N)=O)n2)[C@H](O)[C@@H]1O. The minimum atomic E-state index is -1.37. The second-order valence-corrected chi connectivity index (χ2v) is 6.53. The number of aliphatic hydroxyl groups excluding tert-OH is 2. The molecule has 3 rings (SSSR count). The number of esters is 1. The van der Waals surface area contributed by atoms with Gasteiger partial charge < -0.3 is 30.2 Å². The highest BCUT2D eigenvalue weighted by molar-refractivity contribution is 5.88. The smallest absolute Gasteiger partial charge is 0.335 e. The minimum absolute atomic E-state index is 0.245. The fourth-order valence-electron chi connectivity index (χ4n) is 2.74. The monoisotopic (exact) mass is 406 g/mol. The molecule has 0 unspecified atom stereocenters. The van der Waals surface area contributed by atoms with Crippen molar-refractivity contribution < 1.29 is 34.0 Å². The van der Waals surface area contributed by atoms with E-state index in [1.54, 1.807) is 6.92 Å². The molecule has 2 aromatic rings. The number of hydrogen-bond acceptors (Lipinski definition) is 9. The van der Waals surface area contributed by atoms with Crippen LogP contribution in [0.25, 0.3) is 0 Å². The van der Waals surface area contributed by atoms with Crippen LogP contribution in [0.4, 0.5) is 0 Å². The summed E-state index contributed by atoms with van der Waals surface area (Å²) >= 11 is 0. The Labute approximate surface area is 166 Å². The predicted octanol–water partition coefficient (Wildman–Crippen LogP) is -0.855. The lowest BCUT2D eigenvalue weighted by Crippen LogP contribution is -2.35. The first-order chi connectivity index (χ1) is 13.9. The van der Waals surface area contributed by atoms with Crippen LogP contribution < -0.4 is 5.73 Å². The molecular weight excluding hydrogens is 384 g/mol. The number of rotatable bonds is 8. The standard InChI is InChI=1S/C18H22N4O7/c1-10(27-7-11-5-3-2-4-6-11)18(26)28-8-12-13(23)14(24)17(29-12)22-9-20-16(21-22)15(19)25/h2-6,9-10,12-14,17,23-24H,7-8H2,1H3,(H2,19,25)/t10-,12+,13+,14+,17+/m0/s1. The van der Waals surface area contributed by atoms with Gasteiger partial charge >= 0.3 is 5.97 Å². The van der Waals surface area contributed by atoms with Crippen LogP contribution in [-0.4, -0.2) is 67.9 Å². The van der Waals surface area contributed by atoms with Gasteiger partial charge in [0.1, 0.15) is 31.2 Å². The van der Waals surface area contributed by atoms with E-state index >= 15 is 0 Å². The fraction of sp³-hybridized carbons (Fsp3) is 0.444. The molecule has 1 amide bonds. The summed E-state index contributed by atoms with van der Waals surface area (Å²) in [6, 6.07) is 9.35. The van der Waals surface area contributed by atoms with Gasteiger partial charge in [0.05, 0.1) is 6.61 Å². The Kier molecular flexibility index (Phi) is 6.54. The maximum absolute atomic E-state index is 12.1. The molecule has 0 spiro atoms. The number of ether oxygens (including phenoxy) is 3. The lowest BCUT2D eigenvalue weighted by molar-refractivity contribution is -0.163. The molecule has 5 atom stereocenters. The molecule has 2 heterocycles. The Hall–Kier alpha value is -2.86. The normalized spacial score (nSPS) is 24.9. The number of nitrogens with two attached hydrogens (primary N) is 1. The quantitative estimate of drug-likeness (QED) is 0.474. The number of nitrogens with zero attached hydrogens (tertiary/aromatic N) is 3. The van der Waals surface area contributed by atoms with E-state index in [1.807, 2.05) is 30.3 Å². The summed E-state index contributed by atoms with van der Waals surface area (Å²) < 4.78 is 17.2. The number of carbonyl (C=O) groups excluding carboxylic acids is 2. The van der Waals surface area contributed by atoms with E-state index < -0.39 is 42.5 Å². The minimum Gasteiger partial charge on any atom is -0.461 e. The number of carbonyl (C=O) groups is 2. The first-order valence-corrected chi connectivity index (χ1v) is 8.91. The number of primary amides is 1. The van der Waals surface area contributed by atoms with Gasteiger partial charge in [0.15, 0.2) is 12.3 Å². The maximum Gasteiger partial charge on any atom is 0.335 e. The molecule has 0 radical (unpaired) electrons. The molecule has 156 valence electrons. The molecule has 11 heteroatoms. The maximum atomic E-state index is 12.1. The van der Waals surface area contributed by atoms with Gasteiger partial charge in [0.25, 0.3) is 5.91 Å². The third kappa shape index (κ3) is 4.95. The van der Waals surface area contributed by atoms with Crippen LogP contribution in [0.3, 0.4) is 0 Å². The molecule has 1 aliphatic rings. The van der Waals surface area contributed by atoms with E-state index in [0.29, 0.717) is 0 Å². The lowest BCUT2D eigenvalue weighted by atomic mass is 10.1. The Morgan fingerprint density at radius 1 is 1.28 bits per heavy atom. The lowest BCUT2D eigenvalue weighted by Gasteiger charge is -2.17. The van der Waals surface area contributed by atoms with Crippen LogP contribution in [0.1, 0.15) is 29.3 Å². The van der Waals surface area contributed by atoms with Crippen LogP contribution in [0.5, 0.6) is 0 Å². The van der Waals surface area contributed by atoms with Gasteiger partial charge in [0.2, 0.25) is 5.82 Å². The Morgan fingerprint density at radius 2 is 2.00 bits per heavy atom. The molecule has 11 nitrogen and oxygen atoms in total. The molecule has 1 aliphatic heterocycles. The van der Waals surface area contributed by atoms with Crippen LogP contribution in [0, 0.1) is 0 Å². The van der Waals surface area contributed by atoms with Gasteiger partial charge in [0, 0.05) is 0 Å². The largest absolute Gasteiger partial charge is 0.461 e. The first-order valence-electron chi connectivity index (χ1n) is 8.91. The number of amides is 1. The van der Waals surface area contributed by atoms with E-state index in [2.05, 4.69) is 10.1 Å². The number of hydrogen-bond donors (Lipinski definition) is 3. The summed E-state index contributed by atoms with van der Waals surface area (Å²) in [5, 5.41) is 24.1. The van der Waals surface area contributed by atoms with Crippen molar-refractivity contribution in [3.8, 4) is 0 Å². The topological polar surface area (TPSA) is 159 Å². The van der Waals surface area contributed by atoms with Crippen molar-refractivity contribution in [1.82, 2.24) is 14.8 Å². The summed E-state index contributed by atoms with van der Waals surface area (Å²) in [6.45, 7) is 1.49. The summed E-state index contributed by atoms with van der Waals surface area (Å²) in [4.78, 5) is 26.9. The van der Waals surface area contributed by atoms with Crippen LogP contribution in [0.2, 0.25) is 0 Å². The Balaban J connectivity index is 1.50. The highest BCUT2D eigenvalue weighted by atomic mass is 16.6. The van der Waals surface area contributed by atoms with Crippen LogP contribution in [-0.2, 0) is 25.6 Å². The van der Waals surface area contributed by atoms with Gasteiger partial charge in [-0.3, -0.25) is 4.79 Å². The highest BCUT2D eigenvalue weighted by Crippen LogP contribution is 2.29. The van der Waals surface area contributed by atoms with E-state index in [-0.39, 0.29) is 19.0 Å². The van der Waals surface area contributed by atoms with Crippen molar-refractivity contribution >= 4 is 11.9 Å². The van der Waals surface area contributed by atoms with Crippen molar-refractivity contribution in [2.45, 2.75) is 44.2 Å². The third-order valence-electron chi connectivity index (χ3n) is 4.39. The van der Waals surface area contributed by atoms with Crippen molar-refractivity contribution in [3.05, 3.63) is 48.0 Å². The average Bonchev–Trinajstić information content (AvgIpc) is 3.31. The van der Waals surface area contributed by atoms with E-state index in [4.69, 9.17) is 19.9 Å². The Morgan fingerprint density at radius 3 is 2.66 bits per heavy atom. The molecule has 0 bridgehead atoms.